The van der Waals surface area contributed by atoms with Crippen molar-refractivity contribution in [3.8, 4) is 23.3 Å². The summed E-state index contributed by atoms with van der Waals surface area (Å²) >= 11 is 0. The topological polar surface area (TPSA) is 85.4 Å². The first-order valence-electron chi connectivity index (χ1n) is 7.79. The third kappa shape index (κ3) is 4.16. The van der Waals surface area contributed by atoms with E-state index in [-0.39, 0.29) is 11.3 Å². The van der Waals surface area contributed by atoms with Crippen LogP contribution in [-0.4, -0.2) is 4.92 Å². The maximum absolute atomic E-state index is 10.9. The molecular weight excluding hydrogens is 332 g/mol. The molecule has 0 radical (unpaired) electrons. The van der Waals surface area contributed by atoms with E-state index in [1.165, 1.54) is 18.2 Å². The Kier molecular flexibility index (Phi) is 5.11. The molecule has 0 aliphatic carbocycles. The summed E-state index contributed by atoms with van der Waals surface area (Å²) in [5.74, 6) is 1.48. The maximum Gasteiger partial charge on any atom is 0.287 e. The van der Waals surface area contributed by atoms with Crippen LogP contribution in [0.1, 0.15) is 11.1 Å². The molecule has 0 fully saturated rings. The highest BCUT2D eigenvalue weighted by atomic mass is 16.6. The van der Waals surface area contributed by atoms with E-state index >= 15 is 0 Å². The molecule has 0 heterocycles. The van der Waals surface area contributed by atoms with Gasteiger partial charge in [0.25, 0.3) is 5.69 Å². The molecule has 26 heavy (non-hydrogen) atoms. The van der Waals surface area contributed by atoms with E-state index in [0.29, 0.717) is 23.9 Å². The zero-order valence-corrected chi connectivity index (χ0v) is 13.7. The Labute approximate surface area is 150 Å². The lowest BCUT2D eigenvalue weighted by atomic mass is 10.2. The van der Waals surface area contributed by atoms with Gasteiger partial charge in [-0.05, 0) is 23.8 Å². The van der Waals surface area contributed by atoms with Gasteiger partial charge in [0.05, 0.1) is 4.92 Å². The van der Waals surface area contributed by atoms with Crippen LogP contribution in [0.2, 0.25) is 0 Å². The molecule has 6 heteroatoms. The fourth-order valence-corrected chi connectivity index (χ4v) is 2.33. The van der Waals surface area contributed by atoms with Gasteiger partial charge in [-0.2, -0.15) is 5.26 Å². The van der Waals surface area contributed by atoms with E-state index in [9.17, 15) is 10.1 Å². The summed E-state index contributed by atoms with van der Waals surface area (Å²) in [7, 11) is 0. The summed E-state index contributed by atoms with van der Waals surface area (Å²) in [6.45, 7) is 0.431. The lowest BCUT2D eigenvalue weighted by Gasteiger charge is -2.10. The quantitative estimate of drug-likeness (QED) is 0.471. The van der Waals surface area contributed by atoms with E-state index < -0.39 is 4.92 Å². The maximum atomic E-state index is 10.9. The Morgan fingerprint density at radius 3 is 2.38 bits per heavy atom. The second kappa shape index (κ2) is 7.81. The Morgan fingerprint density at radius 2 is 1.65 bits per heavy atom. The van der Waals surface area contributed by atoms with Crippen molar-refractivity contribution < 1.29 is 14.4 Å². The fraction of sp³-hybridized carbons (Fsp3) is 0.0500. The molecule has 0 saturated carbocycles. The van der Waals surface area contributed by atoms with Gasteiger partial charge in [0.1, 0.15) is 35.5 Å². The lowest BCUT2D eigenvalue weighted by Crippen LogP contribution is -1.95. The molecule has 0 aromatic heterocycles. The lowest BCUT2D eigenvalue weighted by molar-refractivity contribution is -0.385. The van der Waals surface area contributed by atoms with E-state index in [1.54, 1.807) is 24.3 Å². The predicted molar refractivity (Wildman–Crippen MR) is 95.1 cm³/mol. The third-order valence-corrected chi connectivity index (χ3v) is 3.57. The van der Waals surface area contributed by atoms with Crippen LogP contribution >= 0.6 is 0 Å². The van der Waals surface area contributed by atoms with Crippen LogP contribution in [0.25, 0.3) is 0 Å². The van der Waals surface area contributed by atoms with E-state index in [0.717, 1.165) is 5.56 Å². The number of nitro benzene ring substituents is 1. The minimum Gasteiger partial charge on any atom is -0.489 e. The highest BCUT2D eigenvalue weighted by Crippen LogP contribution is 2.29. The van der Waals surface area contributed by atoms with Crippen molar-refractivity contribution in [2.24, 2.45) is 0 Å². The Morgan fingerprint density at radius 1 is 0.923 bits per heavy atom. The van der Waals surface area contributed by atoms with Crippen LogP contribution in [0.3, 0.4) is 0 Å². The molecule has 0 spiro atoms. The van der Waals surface area contributed by atoms with Gasteiger partial charge in [-0.25, -0.2) is 0 Å². The van der Waals surface area contributed by atoms with Gasteiger partial charge in [-0.15, -0.1) is 0 Å². The second-order valence-corrected chi connectivity index (χ2v) is 5.40. The van der Waals surface area contributed by atoms with E-state index in [2.05, 4.69) is 0 Å². The Hall–Kier alpha value is -3.85. The zero-order valence-electron chi connectivity index (χ0n) is 13.7. The number of rotatable bonds is 6. The molecule has 3 rings (SSSR count). The molecule has 0 aliphatic heterocycles. The Balaban J connectivity index is 1.73. The van der Waals surface area contributed by atoms with Crippen molar-refractivity contribution in [3.63, 3.8) is 0 Å². The number of hydrogen-bond donors (Lipinski definition) is 0. The summed E-state index contributed by atoms with van der Waals surface area (Å²) in [6, 6.07) is 22.7. The van der Waals surface area contributed by atoms with Crippen LogP contribution in [0.4, 0.5) is 5.69 Å². The van der Waals surface area contributed by atoms with Crippen molar-refractivity contribution in [1.82, 2.24) is 0 Å². The summed E-state index contributed by atoms with van der Waals surface area (Å²) in [5, 5.41) is 19.9. The summed E-state index contributed by atoms with van der Waals surface area (Å²) in [4.78, 5) is 10.3. The molecule has 128 valence electrons. The average molecular weight is 346 g/mol. The largest absolute Gasteiger partial charge is 0.489 e. The number of ether oxygens (including phenoxy) is 2. The van der Waals surface area contributed by atoms with Crippen LogP contribution < -0.4 is 9.47 Å². The zero-order chi connectivity index (χ0) is 18.4. The summed E-state index contributed by atoms with van der Waals surface area (Å²) in [5.41, 5.74) is 0.747. The fourth-order valence-electron chi connectivity index (χ4n) is 2.33. The molecule has 0 atom stereocenters. The van der Waals surface area contributed by atoms with Crippen LogP contribution in [0.15, 0.2) is 72.8 Å². The molecule has 0 unspecified atom stereocenters. The molecule has 0 amide bonds. The molecule has 6 nitrogen and oxygen atoms in total. The SMILES string of the molecule is N#Cc1cc(Oc2cccc(OCc3ccccc3)c2)ccc1[N+](=O)[O-]. The van der Waals surface area contributed by atoms with Crippen LogP contribution in [0.5, 0.6) is 17.2 Å². The minimum absolute atomic E-state index is 0.0519. The normalized spacial score (nSPS) is 9.96. The number of hydrogen-bond acceptors (Lipinski definition) is 5. The van der Waals surface area contributed by atoms with Gasteiger partial charge in [0, 0.05) is 18.2 Å². The van der Waals surface area contributed by atoms with Crippen LogP contribution in [0, 0.1) is 21.4 Å². The Bertz CT molecular complexity index is 965. The van der Waals surface area contributed by atoms with Crippen molar-refractivity contribution >= 4 is 5.69 Å². The smallest absolute Gasteiger partial charge is 0.287 e. The van der Waals surface area contributed by atoms with Gasteiger partial charge in [0.15, 0.2) is 0 Å². The number of benzene rings is 3. The second-order valence-electron chi connectivity index (χ2n) is 5.40. The number of nitrogens with zero attached hydrogens (tertiary/aromatic N) is 2. The summed E-state index contributed by atoms with van der Waals surface area (Å²) in [6.07, 6.45) is 0. The molecular formula is C20H14N2O4. The molecule has 0 saturated heterocycles. The number of nitriles is 1. The summed E-state index contributed by atoms with van der Waals surface area (Å²) < 4.78 is 11.4. The van der Waals surface area contributed by atoms with Crippen molar-refractivity contribution in [1.29, 1.82) is 5.26 Å². The van der Waals surface area contributed by atoms with Crippen molar-refractivity contribution in [3.05, 3.63) is 94.0 Å². The molecule has 3 aromatic rings. The third-order valence-electron chi connectivity index (χ3n) is 3.57. The van der Waals surface area contributed by atoms with Crippen molar-refractivity contribution in [2.75, 3.05) is 0 Å². The van der Waals surface area contributed by atoms with Gasteiger partial charge in [-0.3, -0.25) is 10.1 Å². The van der Waals surface area contributed by atoms with Crippen LogP contribution in [-0.2, 0) is 6.61 Å². The standard InChI is InChI=1S/C20H14N2O4/c21-13-16-11-19(9-10-20(16)22(23)24)26-18-8-4-7-17(12-18)25-14-15-5-2-1-3-6-15/h1-12H,14H2. The molecule has 0 N–H and O–H groups in total. The first-order chi connectivity index (χ1) is 12.7. The molecule has 0 bridgehead atoms. The van der Waals surface area contributed by atoms with Crippen molar-refractivity contribution in [2.45, 2.75) is 6.61 Å². The van der Waals surface area contributed by atoms with Gasteiger partial charge >= 0.3 is 0 Å². The number of nitro groups is 1. The van der Waals surface area contributed by atoms with Gasteiger partial charge < -0.3 is 9.47 Å². The van der Waals surface area contributed by atoms with E-state index in [1.807, 2.05) is 36.4 Å². The minimum atomic E-state index is -0.597. The van der Waals surface area contributed by atoms with Gasteiger partial charge in [-0.1, -0.05) is 36.4 Å². The molecule has 0 aliphatic rings. The first kappa shape index (κ1) is 17.0. The highest BCUT2D eigenvalue weighted by molar-refractivity contribution is 5.53. The average Bonchev–Trinajstić information content (AvgIpc) is 2.67. The predicted octanol–water partition coefficient (Wildman–Crippen LogP) is 4.84. The monoisotopic (exact) mass is 346 g/mol. The first-order valence-corrected chi connectivity index (χ1v) is 7.79. The highest BCUT2D eigenvalue weighted by Gasteiger charge is 2.14. The molecule has 3 aromatic carbocycles. The van der Waals surface area contributed by atoms with E-state index in [4.69, 9.17) is 14.7 Å². The van der Waals surface area contributed by atoms with Gasteiger partial charge in [0.2, 0.25) is 0 Å².